The van der Waals surface area contributed by atoms with Crippen LogP contribution < -0.4 is 0 Å². The molecule has 1 saturated heterocycles. The molecule has 6 heteroatoms. The monoisotopic (exact) mass is 275 g/mol. The molecule has 2 aromatic rings. The quantitative estimate of drug-likeness (QED) is 0.803. The number of cyclic esters (lactones) is 1. The number of hydrogen-bond acceptors (Lipinski definition) is 5. The molecule has 1 aliphatic heterocycles. The van der Waals surface area contributed by atoms with Gasteiger partial charge in [0, 0.05) is 6.42 Å². The number of para-hydroxylation sites is 1. The minimum atomic E-state index is -0.193. The SMILES string of the molecule is C[C@H]1C[C@@H](Sc2ncn(-c3ccccc3)n2)C(=O)O1. The summed E-state index contributed by atoms with van der Waals surface area (Å²) in [6, 6.07) is 9.75. The molecule has 5 nitrogen and oxygen atoms in total. The van der Waals surface area contributed by atoms with Gasteiger partial charge in [0.05, 0.1) is 5.69 Å². The van der Waals surface area contributed by atoms with Gasteiger partial charge in [-0.25, -0.2) is 9.67 Å². The highest BCUT2D eigenvalue weighted by Crippen LogP contribution is 2.30. The second-order valence-corrected chi connectivity index (χ2v) is 5.57. The maximum absolute atomic E-state index is 11.6. The van der Waals surface area contributed by atoms with E-state index in [0.29, 0.717) is 11.6 Å². The lowest BCUT2D eigenvalue weighted by molar-refractivity contribution is -0.140. The van der Waals surface area contributed by atoms with E-state index < -0.39 is 0 Å². The predicted molar refractivity (Wildman–Crippen MR) is 71.2 cm³/mol. The highest BCUT2D eigenvalue weighted by Gasteiger charge is 2.33. The molecule has 2 atom stereocenters. The molecule has 0 N–H and O–H groups in total. The Balaban J connectivity index is 1.74. The Morgan fingerprint density at radius 3 is 2.84 bits per heavy atom. The zero-order chi connectivity index (χ0) is 13.2. The van der Waals surface area contributed by atoms with E-state index in [-0.39, 0.29) is 17.3 Å². The highest BCUT2D eigenvalue weighted by atomic mass is 32.2. The van der Waals surface area contributed by atoms with Crippen molar-refractivity contribution in [2.45, 2.75) is 29.9 Å². The summed E-state index contributed by atoms with van der Waals surface area (Å²) in [5, 5.41) is 4.77. The van der Waals surface area contributed by atoms with E-state index in [4.69, 9.17) is 4.74 Å². The summed E-state index contributed by atoms with van der Waals surface area (Å²) in [5.41, 5.74) is 0.948. The number of ether oxygens (including phenoxy) is 1. The first kappa shape index (κ1) is 12.2. The van der Waals surface area contributed by atoms with Gasteiger partial charge in [-0.05, 0) is 19.1 Å². The number of thioether (sulfide) groups is 1. The van der Waals surface area contributed by atoms with Crippen LogP contribution in [0.3, 0.4) is 0 Å². The number of hydrogen-bond donors (Lipinski definition) is 0. The van der Waals surface area contributed by atoms with Crippen molar-refractivity contribution in [3.63, 3.8) is 0 Å². The topological polar surface area (TPSA) is 57.0 Å². The van der Waals surface area contributed by atoms with Crippen LogP contribution in [0.2, 0.25) is 0 Å². The van der Waals surface area contributed by atoms with Crippen LogP contribution in [0.5, 0.6) is 0 Å². The third-order valence-corrected chi connectivity index (χ3v) is 3.93. The van der Waals surface area contributed by atoms with Crippen LogP contribution in [0.4, 0.5) is 0 Å². The van der Waals surface area contributed by atoms with Crippen LogP contribution in [0, 0.1) is 0 Å². The van der Waals surface area contributed by atoms with Crippen LogP contribution in [-0.2, 0) is 9.53 Å². The molecule has 1 aromatic heterocycles. The largest absolute Gasteiger partial charge is 0.462 e. The fourth-order valence-electron chi connectivity index (χ4n) is 1.95. The number of nitrogens with zero attached hydrogens (tertiary/aromatic N) is 3. The molecule has 3 rings (SSSR count). The Labute approximate surface area is 115 Å². The summed E-state index contributed by atoms with van der Waals surface area (Å²) in [4.78, 5) is 15.8. The predicted octanol–water partition coefficient (Wildman–Crippen LogP) is 2.06. The Kier molecular flexibility index (Phi) is 3.25. The molecule has 0 saturated carbocycles. The van der Waals surface area contributed by atoms with Gasteiger partial charge in [-0.15, -0.1) is 5.10 Å². The lowest BCUT2D eigenvalue weighted by Crippen LogP contribution is -2.09. The minimum absolute atomic E-state index is 0.0128. The zero-order valence-corrected chi connectivity index (χ0v) is 11.2. The van der Waals surface area contributed by atoms with Gasteiger partial charge in [-0.2, -0.15) is 0 Å². The van der Waals surface area contributed by atoms with Crippen molar-refractivity contribution in [2.24, 2.45) is 0 Å². The molecule has 2 heterocycles. The number of carbonyl (C=O) groups is 1. The normalized spacial score (nSPS) is 22.5. The Morgan fingerprint density at radius 1 is 1.37 bits per heavy atom. The molecule has 0 unspecified atom stereocenters. The van der Waals surface area contributed by atoms with Gasteiger partial charge < -0.3 is 4.74 Å². The fraction of sp³-hybridized carbons (Fsp3) is 0.308. The number of benzene rings is 1. The molecule has 1 aliphatic rings. The van der Waals surface area contributed by atoms with Crippen LogP contribution >= 0.6 is 11.8 Å². The summed E-state index contributed by atoms with van der Waals surface area (Å²) in [6.07, 6.45) is 2.35. The first-order valence-corrected chi connectivity index (χ1v) is 6.94. The van der Waals surface area contributed by atoms with Crippen molar-refractivity contribution in [3.8, 4) is 5.69 Å². The highest BCUT2D eigenvalue weighted by molar-refractivity contribution is 8.00. The van der Waals surface area contributed by atoms with E-state index >= 15 is 0 Å². The number of rotatable bonds is 3. The molecule has 0 bridgehead atoms. The Hall–Kier alpha value is -1.82. The second-order valence-electron chi connectivity index (χ2n) is 4.40. The first-order chi connectivity index (χ1) is 9.22. The third-order valence-electron chi connectivity index (χ3n) is 2.87. The molecule has 19 heavy (non-hydrogen) atoms. The molecular weight excluding hydrogens is 262 g/mol. The average Bonchev–Trinajstić information content (AvgIpc) is 2.99. The molecular formula is C13H13N3O2S. The van der Waals surface area contributed by atoms with E-state index in [1.54, 1.807) is 11.0 Å². The average molecular weight is 275 g/mol. The van der Waals surface area contributed by atoms with Gasteiger partial charge >= 0.3 is 5.97 Å². The smallest absolute Gasteiger partial charge is 0.319 e. The second kappa shape index (κ2) is 5.05. The van der Waals surface area contributed by atoms with E-state index in [2.05, 4.69) is 10.1 Å². The number of carbonyl (C=O) groups excluding carboxylic acids is 1. The summed E-state index contributed by atoms with van der Waals surface area (Å²) < 4.78 is 6.82. The Bertz CT molecular complexity index is 585. The molecule has 0 radical (unpaired) electrons. The van der Waals surface area contributed by atoms with E-state index in [0.717, 1.165) is 5.69 Å². The van der Waals surface area contributed by atoms with Gasteiger partial charge in [0.15, 0.2) is 0 Å². The Morgan fingerprint density at radius 2 is 2.16 bits per heavy atom. The molecule has 1 fully saturated rings. The van der Waals surface area contributed by atoms with E-state index in [1.165, 1.54) is 11.8 Å². The molecule has 0 spiro atoms. The number of aromatic nitrogens is 3. The van der Waals surface area contributed by atoms with E-state index in [1.807, 2.05) is 37.3 Å². The fourth-order valence-corrected chi connectivity index (χ4v) is 2.97. The minimum Gasteiger partial charge on any atom is -0.462 e. The van der Waals surface area contributed by atoms with Crippen molar-refractivity contribution < 1.29 is 9.53 Å². The van der Waals surface area contributed by atoms with Gasteiger partial charge in [-0.1, -0.05) is 30.0 Å². The lowest BCUT2D eigenvalue weighted by Gasteiger charge is -2.00. The van der Waals surface area contributed by atoms with Gasteiger partial charge in [0.2, 0.25) is 5.16 Å². The van der Waals surface area contributed by atoms with Gasteiger partial charge in [0.25, 0.3) is 0 Å². The lowest BCUT2D eigenvalue weighted by atomic mass is 10.3. The van der Waals surface area contributed by atoms with E-state index in [9.17, 15) is 4.79 Å². The van der Waals surface area contributed by atoms with Crippen LogP contribution in [-0.4, -0.2) is 32.1 Å². The van der Waals surface area contributed by atoms with Crippen molar-refractivity contribution in [1.82, 2.24) is 14.8 Å². The van der Waals surface area contributed by atoms with Crippen LogP contribution in [0.15, 0.2) is 41.8 Å². The third kappa shape index (κ3) is 2.63. The van der Waals surface area contributed by atoms with Gasteiger partial charge in [0.1, 0.15) is 17.7 Å². The maximum Gasteiger partial charge on any atom is 0.319 e. The molecule has 0 amide bonds. The maximum atomic E-state index is 11.6. The molecule has 0 aliphatic carbocycles. The molecule has 98 valence electrons. The summed E-state index contributed by atoms with van der Waals surface area (Å²) in [7, 11) is 0. The standard InChI is InChI=1S/C13H13N3O2S/c1-9-7-11(12(17)18-9)19-13-14-8-16(15-13)10-5-3-2-4-6-10/h2-6,8-9,11H,7H2,1H3/t9-,11+/m0/s1. The van der Waals surface area contributed by atoms with Gasteiger partial charge in [-0.3, -0.25) is 4.79 Å². The zero-order valence-electron chi connectivity index (χ0n) is 10.4. The summed E-state index contributed by atoms with van der Waals surface area (Å²) in [5.74, 6) is -0.173. The van der Waals surface area contributed by atoms with Crippen molar-refractivity contribution in [2.75, 3.05) is 0 Å². The van der Waals surface area contributed by atoms with Crippen LogP contribution in [0.25, 0.3) is 5.69 Å². The van der Waals surface area contributed by atoms with Crippen LogP contribution in [0.1, 0.15) is 13.3 Å². The summed E-state index contributed by atoms with van der Waals surface area (Å²) >= 11 is 1.36. The number of esters is 1. The summed E-state index contributed by atoms with van der Waals surface area (Å²) in [6.45, 7) is 1.90. The first-order valence-electron chi connectivity index (χ1n) is 6.06. The molecule has 1 aromatic carbocycles. The van der Waals surface area contributed by atoms with Crippen molar-refractivity contribution >= 4 is 17.7 Å². The van der Waals surface area contributed by atoms with Crippen molar-refractivity contribution in [1.29, 1.82) is 0 Å². The van der Waals surface area contributed by atoms with Crippen molar-refractivity contribution in [3.05, 3.63) is 36.7 Å².